The van der Waals surface area contributed by atoms with Crippen molar-refractivity contribution in [2.24, 2.45) is 11.8 Å². The van der Waals surface area contributed by atoms with E-state index in [0.29, 0.717) is 18.9 Å². The number of aromatic nitrogens is 1. The second kappa shape index (κ2) is 12.0. The summed E-state index contributed by atoms with van der Waals surface area (Å²) in [7, 11) is 0. The fraction of sp³-hybridized carbons (Fsp3) is 0.414. The first-order valence-corrected chi connectivity index (χ1v) is 13.3. The van der Waals surface area contributed by atoms with Crippen LogP contribution in [-0.4, -0.2) is 65.7 Å². The zero-order valence-corrected chi connectivity index (χ0v) is 21.5. The molecule has 0 radical (unpaired) electrons. The molecule has 1 N–H and O–H groups in total. The van der Waals surface area contributed by atoms with E-state index in [1.54, 1.807) is 0 Å². The third-order valence-corrected chi connectivity index (χ3v) is 7.37. The van der Waals surface area contributed by atoms with Crippen molar-refractivity contribution < 1.29 is 27.3 Å². The monoisotopic (exact) mass is 540 g/mol. The molecule has 206 valence electrons. The summed E-state index contributed by atoms with van der Waals surface area (Å²) in [5, 5.41) is 6.69. The predicted octanol–water partition coefficient (Wildman–Crippen LogP) is 4.45. The van der Waals surface area contributed by atoms with Crippen LogP contribution in [0.5, 0.6) is 0 Å². The Kier molecular flexibility index (Phi) is 8.30. The maximum absolute atomic E-state index is 14.2. The molecular weight excluding hydrogens is 509 g/mol. The Morgan fingerprint density at radius 2 is 1.87 bits per heavy atom. The van der Waals surface area contributed by atoms with E-state index in [1.165, 1.54) is 29.9 Å². The van der Waals surface area contributed by atoms with Crippen molar-refractivity contribution >= 4 is 11.8 Å². The van der Waals surface area contributed by atoms with Gasteiger partial charge in [-0.25, -0.2) is 13.2 Å². The zero-order valence-electron chi connectivity index (χ0n) is 21.5. The van der Waals surface area contributed by atoms with Crippen molar-refractivity contribution in [2.75, 3.05) is 32.9 Å². The molecule has 2 aromatic carbocycles. The molecule has 0 bridgehead atoms. The van der Waals surface area contributed by atoms with Crippen molar-refractivity contribution in [3.63, 3.8) is 0 Å². The largest absolute Gasteiger partial charge is 0.355 e. The van der Waals surface area contributed by atoms with E-state index in [4.69, 9.17) is 4.52 Å². The van der Waals surface area contributed by atoms with Gasteiger partial charge in [0.05, 0.1) is 11.5 Å². The van der Waals surface area contributed by atoms with Crippen LogP contribution in [0.2, 0.25) is 0 Å². The van der Waals surface area contributed by atoms with E-state index in [1.807, 2.05) is 30.3 Å². The third-order valence-electron chi connectivity index (χ3n) is 7.37. The van der Waals surface area contributed by atoms with Crippen molar-refractivity contribution in [2.45, 2.75) is 31.8 Å². The van der Waals surface area contributed by atoms with E-state index in [9.17, 15) is 22.8 Å². The number of nitrogens with zero attached hydrogens (tertiary/aromatic N) is 3. The summed E-state index contributed by atoms with van der Waals surface area (Å²) in [6.07, 6.45) is 2.90. The Bertz CT molecular complexity index is 1300. The van der Waals surface area contributed by atoms with Crippen LogP contribution in [0.25, 0.3) is 11.3 Å². The summed E-state index contributed by atoms with van der Waals surface area (Å²) >= 11 is 0. The average Bonchev–Trinajstić information content (AvgIpc) is 3.61. The normalized spacial score (nSPS) is 19.6. The van der Waals surface area contributed by atoms with Crippen molar-refractivity contribution in [1.82, 2.24) is 20.3 Å². The van der Waals surface area contributed by atoms with Crippen LogP contribution in [-0.2, 0) is 11.3 Å². The maximum Gasteiger partial charge on any atom is 0.273 e. The van der Waals surface area contributed by atoms with Crippen LogP contribution in [0.15, 0.2) is 59.1 Å². The highest BCUT2D eigenvalue weighted by Crippen LogP contribution is 2.32. The van der Waals surface area contributed by atoms with Gasteiger partial charge in [0, 0.05) is 50.9 Å². The number of likely N-dealkylation sites (tertiary alicyclic amines) is 1. The number of rotatable bonds is 10. The quantitative estimate of drug-likeness (QED) is 0.411. The van der Waals surface area contributed by atoms with E-state index in [0.717, 1.165) is 30.8 Å². The second-order valence-electron chi connectivity index (χ2n) is 10.3. The molecular formula is C29H31F3N4O3. The fourth-order valence-electron chi connectivity index (χ4n) is 5.12. The minimum Gasteiger partial charge on any atom is -0.355 e. The third kappa shape index (κ3) is 6.68. The number of piperidine rings is 1. The van der Waals surface area contributed by atoms with Gasteiger partial charge in [-0.15, -0.1) is 0 Å². The number of hydrogen-bond donors (Lipinski definition) is 1. The Morgan fingerprint density at radius 3 is 2.59 bits per heavy atom. The van der Waals surface area contributed by atoms with Gasteiger partial charge in [-0.2, -0.15) is 0 Å². The van der Waals surface area contributed by atoms with Gasteiger partial charge in [-0.3, -0.25) is 9.59 Å². The standard InChI is InChI=1S/C29H31F3N4O3/c30-11-13-36(17-19-4-2-1-3-5-19)29(38)23-18-35(16-20-6-7-20)12-10-25(23)33-28(37)26-15-27(39-34-26)22-9-8-21(31)14-24(22)32/h1-5,8-9,14-15,20,23,25H,6-7,10-13,16-18H2,(H,33,37)/t23-,25-/m0/s1. The van der Waals surface area contributed by atoms with Crippen molar-refractivity contribution in [1.29, 1.82) is 0 Å². The van der Waals surface area contributed by atoms with Crippen LogP contribution in [0.1, 0.15) is 35.3 Å². The fourth-order valence-corrected chi connectivity index (χ4v) is 5.12. The van der Waals surface area contributed by atoms with Gasteiger partial charge in [0.25, 0.3) is 5.91 Å². The summed E-state index contributed by atoms with van der Waals surface area (Å²) in [5.41, 5.74) is 0.797. The smallest absolute Gasteiger partial charge is 0.273 e. The minimum atomic E-state index is -0.835. The number of carbonyl (C=O) groups is 2. The zero-order chi connectivity index (χ0) is 27.4. The molecule has 2 atom stereocenters. The molecule has 3 aromatic rings. The summed E-state index contributed by atoms with van der Waals surface area (Å²) in [4.78, 5) is 30.7. The molecule has 1 aliphatic heterocycles. The lowest BCUT2D eigenvalue weighted by atomic mass is 9.90. The summed E-state index contributed by atoms with van der Waals surface area (Å²) in [6, 6.07) is 13.2. The highest BCUT2D eigenvalue weighted by atomic mass is 19.1. The number of halogens is 3. The number of amides is 2. The Morgan fingerprint density at radius 1 is 1.08 bits per heavy atom. The molecule has 1 saturated heterocycles. The molecule has 2 aliphatic rings. The van der Waals surface area contributed by atoms with Crippen molar-refractivity contribution in [3.05, 3.63) is 77.5 Å². The Balaban J connectivity index is 1.32. The number of alkyl halides is 1. The van der Waals surface area contributed by atoms with Gasteiger partial charge < -0.3 is 19.6 Å². The van der Waals surface area contributed by atoms with Gasteiger partial charge in [-0.1, -0.05) is 35.5 Å². The lowest BCUT2D eigenvalue weighted by Crippen LogP contribution is -2.56. The van der Waals surface area contributed by atoms with Gasteiger partial charge in [-0.05, 0) is 42.9 Å². The molecule has 1 saturated carbocycles. The molecule has 2 amide bonds. The van der Waals surface area contributed by atoms with Crippen LogP contribution < -0.4 is 5.32 Å². The minimum absolute atomic E-state index is 0.0125. The highest BCUT2D eigenvalue weighted by molar-refractivity contribution is 5.94. The first-order valence-electron chi connectivity index (χ1n) is 13.3. The van der Waals surface area contributed by atoms with Crippen molar-refractivity contribution in [3.8, 4) is 11.3 Å². The van der Waals surface area contributed by atoms with E-state index in [2.05, 4.69) is 15.4 Å². The molecule has 5 rings (SSSR count). The Hall–Kier alpha value is -3.66. The predicted molar refractivity (Wildman–Crippen MR) is 138 cm³/mol. The van der Waals surface area contributed by atoms with Crippen LogP contribution in [0.4, 0.5) is 13.2 Å². The molecule has 1 aliphatic carbocycles. The highest BCUT2D eigenvalue weighted by Gasteiger charge is 2.39. The topological polar surface area (TPSA) is 78.7 Å². The Labute approximate surface area is 224 Å². The van der Waals surface area contributed by atoms with Gasteiger partial charge in [0.1, 0.15) is 18.3 Å². The number of nitrogens with one attached hydrogen (secondary N) is 1. The lowest BCUT2D eigenvalue weighted by molar-refractivity contribution is -0.139. The van der Waals surface area contributed by atoms with Crippen LogP contribution in [0, 0.1) is 23.5 Å². The molecule has 0 spiro atoms. The number of benzene rings is 2. The maximum atomic E-state index is 14.2. The van der Waals surface area contributed by atoms with Crippen LogP contribution in [0.3, 0.4) is 0 Å². The number of hydrogen-bond acceptors (Lipinski definition) is 5. The average molecular weight is 541 g/mol. The molecule has 39 heavy (non-hydrogen) atoms. The number of carbonyl (C=O) groups excluding carboxylic acids is 2. The van der Waals surface area contributed by atoms with Gasteiger partial charge in [0.15, 0.2) is 11.5 Å². The summed E-state index contributed by atoms with van der Waals surface area (Å²) in [6.45, 7) is 1.65. The molecule has 1 aromatic heterocycles. The van der Waals surface area contributed by atoms with E-state index in [-0.39, 0.29) is 36.0 Å². The second-order valence-corrected chi connectivity index (χ2v) is 10.3. The van der Waals surface area contributed by atoms with Gasteiger partial charge in [0.2, 0.25) is 5.91 Å². The SMILES string of the molecule is O=C(N[C@H]1CCN(CC2CC2)C[C@@H]1C(=O)N(CCF)Cc1ccccc1)c1cc(-c2ccc(F)cc2F)on1. The van der Waals surface area contributed by atoms with Crippen LogP contribution >= 0.6 is 0 Å². The van der Waals surface area contributed by atoms with Gasteiger partial charge >= 0.3 is 0 Å². The molecule has 0 unspecified atom stereocenters. The molecule has 10 heteroatoms. The first-order chi connectivity index (χ1) is 18.9. The summed E-state index contributed by atoms with van der Waals surface area (Å²) in [5.74, 6) is -2.29. The molecule has 2 fully saturated rings. The summed E-state index contributed by atoms with van der Waals surface area (Å²) < 4.78 is 46.1. The molecule has 2 heterocycles. The molecule has 7 nitrogen and oxygen atoms in total. The first kappa shape index (κ1) is 26.9. The van der Waals surface area contributed by atoms with E-state index >= 15 is 0 Å². The lowest BCUT2D eigenvalue weighted by Gasteiger charge is -2.40. The van der Waals surface area contributed by atoms with E-state index < -0.39 is 36.2 Å².